The van der Waals surface area contributed by atoms with Crippen LogP contribution in [0.25, 0.3) is 22.0 Å². The summed E-state index contributed by atoms with van der Waals surface area (Å²) >= 11 is 0. The number of ketones is 1. The highest BCUT2D eigenvalue weighted by molar-refractivity contribution is 6.40. The molecule has 9 heteroatoms. The number of nitrogens with zero attached hydrogens (tertiary/aromatic N) is 3. The third-order valence-corrected chi connectivity index (χ3v) is 8.92. The number of hydrogen-bond acceptors (Lipinski definition) is 7. The summed E-state index contributed by atoms with van der Waals surface area (Å²) in [6.07, 6.45) is 8.44. The highest BCUT2D eigenvalue weighted by Crippen LogP contribution is 2.38. The van der Waals surface area contributed by atoms with E-state index < -0.39 is 11.7 Å². The lowest BCUT2D eigenvalue weighted by atomic mass is 9.93. The fraction of sp³-hybridized carbons (Fsp3) is 0.531. The van der Waals surface area contributed by atoms with Crippen LogP contribution in [0, 0.1) is 6.92 Å². The number of hydrogen-bond donors (Lipinski definition) is 2. The van der Waals surface area contributed by atoms with Crippen LogP contribution in [0.4, 0.5) is 11.4 Å². The second kappa shape index (κ2) is 12.2. The fourth-order valence-electron chi connectivity index (χ4n) is 6.57. The summed E-state index contributed by atoms with van der Waals surface area (Å²) in [5, 5.41) is 11.5. The Kier molecular flexibility index (Phi) is 8.25. The van der Waals surface area contributed by atoms with Gasteiger partial charge in [-0.1, -0.05) is 25.3 Å². The molecular formula is C32H41N5O4. The van der Waals surface area contributed by atoms with Crippen molar-refractivity contribution >= 4 is 34.0 Å². The summed E-state index contributed by atoms with van der Waals surface area (Å²) in [4.78, 5) is 29.2. The van der Waals surface area contributed by atoms with E-state index in [-0.39, 0.29) is 6.10 Å². The van der Waals surface area contributed by atoms with Crippen LogP contribution in [0.3, 0.4) is 0 Å². The van der Waals surface area contributed by atoms with Gasteiger partial charge in [-0.2, -0.15) is 5.10 Å². The van der Waals surface area contributed by atoms with Crippen LogP contribution < -0.4 is 15.0 Å². The number of anilines is 2. The first-order valence-corrected chi connectivity index (χ1v) is 15.1. The minimum atomic E-state index is -0.596. The molecule has 0 atom stereocenters. The molecule has 1 saturated carbocycles. The monoisotopic (exact) mass is 559 g/mol. The summed E-state index contributed by atoms with van der Waals surface area (Å²) in [6.45, 7) is 8.46. The van der Waals surface area contributed by atoms with Crippen LogP contribution in [-0.2, 0) is 14.3 Å². The molecule has 0 unspecified atom stereocenters. The molecule has 41 heavy (non-hydrogen) atoms. The molecule has 3 heterocycles. The first kappa shape index (κ1) is 27.7. The van der Waals surface area contributed by atoms with Crippen LogP contribution in [0.2, 0.25) is 0 Å². The van der Waals surface area contributed by atoms with Crippen LogP contribution >= 0.6 is 0 Å². The van der Waals surface area contributed by atoms with Crippen molar-refractivity contribution in [3.63, 3.8) is 0 Å². The normalized spacial score (nSPS) is 19.4. The van der Waals surface area contributed by atoms with Gasteiger partial charge in [0.05, 0.1) is 41.2 Å². The van der Waals surface area contributed by atoms with Crippen LogP contribution in [0.15, 0.2) is 30.3 Å². The van der Waals surface area contributed by atoms with Gasteiger partial charge in [-0.15, -0.1) is 0 Å². The molecule has 0 spiro atoms. The fourth-order valence-corrected chi connectivity index (χ4v) is 6.57. The molecule has 2 aliphatic heterocycles. The van der Waals surface area contributed by atoms with Crippen molar-refractivity contribution in [2.75, 3.05) is 49.6 Å². The summed E-state index contributed by atoms with van der Waals surface area (Å²) in [5.41, 5.74) is 5.47. The predicted octanol–water partition coefficient (Wildman–Crippen LogP) is 5.08. The Morgan fingerprint density at radius 3 is 2.46 bits per heavy atom. The second-order valence-corrected chi connectivity index (χ2v) is 11.7. The minimum absolute atomic E-state index is 0.108. The number of aryl methyl sites for hydroxylation is 1. The lowest BCUT2D eigenvalue weighted by Gasteiger charge is -2.42. The molecule has 2 saturated heterocycles. The second-order valence-electron chi connectivity index (χ2n) is 11.7. The first-order chi connectivity index (χ1) is 20.0. The van der Waals surface area contributed by atoms with Gasteiger partial charge in [-0.25, -0.2) is 0 Å². The molecule has 0 bridgehead atoms. The number of nitrogens with one attached hydrogen (secondary N) is 2. The van der Waals surface area contributed by atoms with Crippen molar-refractivity contribution in [2.24, 2.45) is 0 Å². The molecule has 6 rings (SSSR count). The highest BCUT2D eigenvalue weighted by Gasteiger charge is 2.27. The topological polar surface area (TPSA) is 99.8 Å². The van der Waals surface area contributed by atoms with Crippen molar-refractivity contribution in [2.45, 2.75) is 70.9 Å². The number of rotatable bonds is 7. The van der Waals surface area contributed by atoms with Crippen LogP contribution in [0.5, 0.6) is 5.75 Å². The Bertz CT molecular complexity index is 1400. The predicted molar refractivity (Wildman–Crippen MR) is 161 cm³/mol. The number of carbonyl (C=O) groups is 2. The van der Waals surface area contributed by atoms with Gasteiger partial charge in [0.15, 0.2) is 0 Å². The van der Waals surface area contributed by atoms with Crippen LogP contribution in [0.1, 0.15) is 57.6 Å². The number of fused-ring (bicyclic) bond motifs is 1. The Labute approximate surface area is 241 Å². The lowest BCUT2D eigenvalue weighted by molar-refractivity contribution is -0.133. The third kappa shape index (κ3) is 6.11. The average Bonchev–Trinajstić information content (AvgIpc) is 3.39. The van der Waals surface area contributed by atoms with E-state index in [2.05, 4.69) is 43.5 Å². The van der Waals surface area contributed by atoms with E-state index in [4.69, 9.17) is 9.47 Å². The molecule has 218 valence electrons. The number of aromatic nitrogens is 2. The molecule has 3 aromatic rings. The van der Waals surface area contributed by atoms with Crippen molar-refractivity contribution in [3.8, 4) is 16.9 Å². The van der Waals surface area contributed by atoms with E-state index in [1.165, 1.54) is 39.0 Å². The van der Waals surface area contributed by atoms with Gasteiger partial charge in [0, 0.05) is 52.0 Å². The molecule has 0 radical (unpaired) electrons. The molecule has 2 aromatic carbocycles. The standard InChI is InChI=1S/C32H41N5O4/c1-21-31-28(35-34-21)18-24(20-30(31)41-26-10-16-40-17-11-26)23-8-9-27(33-32(39)22(2)38)29(19-23)37-14-12-36(13-15-37)25-6-4-3-5-7-25/h8-9,18-20,25-26H,3-7,10-17H2,1-2H3,(H,33,39)(H,34,35). The first-order valence-electron chi connectivity index (χ1n) is 15.1. The van der Waals surface area contributed by atoms with Gasteiger partial charge >= 0.3 is 0 Å². The SMILES string of the molecule is CC(=O)C(=O)Nc1ccc(-c2cc(OC3CCOCC3)c3c(C)n[nH]c3c2)cc1N1CCN(C2CCCCC2)CC1. The number of H-pyrrole nitrogens is 1. The molecule has 1 aliphatic carbocycles. The summed E-state index contributed by atoms with van der Waals surface area (Å²) in [7, 11) is 0. The number of benzene rings is 2. The van der Waals surface area contributed by atoms with Crippen molar-refractivity contribution < 1.29 is 19.1 Å². The van der Waals surface area contributed by atoms with Crippen molar-refractivity contribution in [3.05, 3.63) is 36.0 Å². The molecule has 9 nitrogen and oxygen atoms in total. The number of piperazine rings is 1. The van der Waals surface area contributed by atoms with Gasteiger partial charge < -0.3 is 19.7 Å². The smallest absolute Gasteiger partial charge is 0.291 e. The molecule has 1 amide bonds. The van der Waals surface area contributed by atoms with Gasteiger partial charge in [-0.05, 0) is 55.2 Å². The van der Waals surface area contributed by atoms with E-state index in [1.54, 1.807) is 0 Å². The molecular weight excluding hydrogens is 518 g/mol. The summed E-state index contributed by atoms with van der Waals surface area (Å²) < 4.78 is 12.1. The Morgan fingerprint density at radius 1 is 0.976 bits per heavy atom. The quantitative estimate of drug-likeness (QED) is 0.390. The Balaban J connectivity index is 1.32. The van der Waals surface area contributed by atoms with Crippen molar-refractivity contribution in [1.29, 1.82) is 0 Å². The number of amides is 1. The maximum absolute atomic E-state index is 12.4. The number of carbonyl (C=O) groups excluding carboxylic acids is 2. The number of ether oxygens (including phenoxy) is 2. The zero-order valence-corrected chi connectivity index (χ0v) is 24.2. The summed E-state index contributed by atoms with van der Waals surface area (Å²) in [5.74, 6) is -0.272. The largest absolute Gasteiger partial charge is 0.489 e. The van der Waals surface area contributed by atoms with Gasteiger partial charge in [0.25, 0.3) is 5.91 Å². The molecule has 1 aromatic heterocycles. The number of aromatic amines is 1. The van der Waals surface area contributed by atoms with Crippen LogP contribution in [-0.4, -0.2) is 78.3 Å². The van der Waals surface area contributed by atoms with E-state index in [1.807, 2.05) is 19.1 Å². The maximum atomic E-state index is 12.4. The average molecular weight is 560 g/mol. The van der Waals surface area contributed by atoms with E-state index in [9.17, 15) is 9.59 Å². The minimum Gasteiger partial charge on any atom is -0.489 e. The van der Waals surface area contributed by atoms with Gasteiger partial charge in [0.2, 0.25) is 5.78 Å². The van der Waals surface area contributed by atoms with E-state index in [0.717, 1.165) is 78.2 Å². The molecule has 3 fully saturated rings. The van der Waals surface area contributed by atoms with E-state index >= 15 is 0 Å². The van der Waals surface area contributed by atoms with Gasteiger partial charge in [-0.3, -0.25) is 19.6 Å². The zero-order chi connectivity index (χ0) is 28.3. The molecule has 3 aliphatic rings. The Morgan fingerprint density at radius 2 is 1.73 bits per heavy atom. The molecule has 2 N–H and O–H groups in total. The third-order valence-electron chi connectivity index (χ3n) is 8.92. The highest BCUT2D eigenvalue weighted by atomic mass is 16.5. The lowest BCUT2D eigenvalue weighted by Crippen LogP contribution is -2.51. The van der Waals surface area contributed by atoms with Crippen molar-refractivity contribution in [1.82, 2.24) is 15.1 Å². The van der Waals surface area contributed by atoms with E-state index in [0.29, 0.717) is 24.9 Å². The van der Waals surface area contributed by atoms with Gasteiger partial charge in [0.1, 0.15) is 11.9 Å². The number of Topliss-reactive ketones (excluding diaryl/α,β-unsaturated/α-hetero) is 1. The Hall–Kier alpha value is -3.43. The zero-order valence-electron chi connectivity index (χ0n) is 24.2. The summed E-state index contributed by atoms with van der Waals surface area (Å²) in [6, 6.07) is 11.0. The maximum Gasteiger partial charge on any atom is 0.291 e.